The number of hydrogen-bond donors (Lipinski definition) is 0. The van der Waals surface area contributed by atoms with Gasteiger partial charge in [0.2, 0.25) is 0 Å². The first-order chi connectivity index (χ1) is 14.4. The zero-order valence-electron chi connectivity index (χ0n) is 19.0. The summed E-state index contributed by atoms with van der Waals surface area (Å²) in [5, 5.41) is 2.29. The van der Waals surface area contributed by atoms with Gasteiger partial charge in [-0.1, -0.05) is 36.7 Å². The molecule has 31 heavy (non-hydrogen) atoms. The van der Waals surface area contributed by atoms with E-state index in [0.717, 1.165) is 21.9 Å². The van der Waals surface area contributed by atoms with Crippen LogP contribution in [0.15, 0.2) is 0 Å². The summed E-state index contributed by atoms with van der Waals surface area (Å²) < 4.78 is 5.72. The van der Waals surface area contributed by atoms with Crippen molar-refractivity contribution in [2.75, 3.05) is 0 Å². The van der Waals surface area contributed by atoms with Crippen molar-refractivity contribution in [3.05, 3.63) is 27.8 Å². The van der Waals surface area contributed by atoms with Crippen molar-refractivity contribution in [3.63, 3.8) is 0 Å². The van der Waals surface area contributed by atoms with Crippen LogP contribution in [0.5, 0.6) is 0 Å². The Labute approximate surface area is 196 Å². The number of alkyl halides is 1. The quantitative estimate of drug-likeness (QED) is 0.217. The minimum Gasteiger partial charge on any atom is -0.465 e. The first-order valence-electron chi connectivity index (χ1n) is 10.2. The lowest BCUT2D eigenvalue weighted by Crippen LogP contribution is -2.36. The zero-order chi connectivity index (χ0) is 23.5. The van der Waals surface area contributed by atoms with Crippen molar-refractivity contribution in [1.29, 1.82) is 0 Å². The molecule has 1 heterocycles. The molecule has 0 N–H and O–H groups in total. The van der Waals surface area contributed by atoms with E-state index in [1.807, 2.05) is 6.92 Å². The van der Waals surface area contributed by atoms with Crippen LogP contribution in [0.4, 0.5) is 0 Å². The molecule has 0 unspecified atom stereocenters. The van der Waals surface area contributed by atoms with E-state index in [1.54, 1.807) is 0 Å². The second-order valence-corrected chi connectivity index (χ2v) is 12.6. The van der Waals surface area contributed by atoms with E-state index in [2.05, 4.69) is 43.6 Å². The predicted molar refractivity (Wildman–Crippen MR) is 127 cm³/mol. The number of imide groups is 1. The van der Waals surface area contributed by atoms with Crippen LogP contribution in [-0.4, -0.2) is 48.9 Å². The number of Topliss-reactive ketones (excluding diaryl/α,β-unsaturated/α-hetero) is 1. The Morgan fingerprint density at radius 1 is 1.10 bits per heavy atom. The van der Waals surface area contributed by atoms with Crippen LogP contribution >= 0.6 is 15.9 Å². The summed E-state index contributed by atoms with van der Waals surface area (Å²) in [6, 6.07) is 0. The van der Waals surface area contributed by atoms with E-state index in [0.29, 0.717) is 26.4 Å². The van der Waals surface area contributed by atoms with E-state index in [1.165, 1.54) is 5.56 Å². The van der Waals surface area contributed by atoms with Gasteiger partial charge in [0.25, 0.3) is 11.8 Å². The molecule has 0 radical (unpaired) electrons. The van der Waals surface area contributed by atoms with Crippen molar-refractivity contribution < 1.29 is 28.1 Å². The number of halogens is 1. The molecule has 0 aromatic heterocycles. The molecule has 1 saturated heterocycles. The normalized spacial score (nSPS) is 14.8. The minimum atomic E-state index is -0.979. The molecular formula is C21H30BrNO6Si2. The molecule has 1 aromatic rings. The lowest BCUT2D eigenvalue weighted by atomic mass is 9.78. The van der Waals surface area contributed by atoms with Crippen LogP contribution in [0.1, 0.15) is 79.1 Å². The molecule has 1 fully saturated rings. The van der Waals surface area contributed by atoms with E-state index in [9.17, 15) is 19.2 Å². The summed E-state index contributed by atoms with van der Waals surface area (Å²) in [6.45, 7) is 10.3. The van der Waals surface area contributed by atoms with Crippen molar-refractivity contribution in [3.8, 4) is 0 Å². The Bertz CT molecular complexity index is 910. The molecule has 7 nitrogen and oxygen atoms in total. The molecule has 1 aromatic carbocycles. The topological polar surface area (TPSA) is 90.0 Å². The predicted octanol–water partition coefficient (Wildman–Crippen LogP) is 1.07. The van der Waals surface area contributed by atoms with Crippen LogP contribution < -0.4 is 5.19 Å². The molecule has 2 rings (SSSR count). The Balaban J connectivity index is 2.36. The molecule has 0 saturated carbocycles. The largest absolute Gasteiger partial charge is 0.465 e. The minimum absolute atomic E-state index is 0.0346. The van der Waals surface area contributed by atoms with Crippen molar-refractivity contribution in [1.82, 2.24) is 5.06 Å². The second-order valence-electron chi connectivity index (χ2n) is 8.74. The smallest absolute Gasteiger partial charge is 0.333 e. The first kappa shape index (κ1) is 25.6. The standard InChI is InChI=1S/C21H30BrNO6Si2/c1-11-13(10-22)12(2)20(31-29-30)19(21(3,4)5)18(11)14(24)6-9-17(27)28-23-15(25)7-8-16(23)26/h6-10,31H2,1-5,30H3. The Kier molecular flexibility index (Phi) is 8.54. The fourth-order valence-electron chi connectivity index (χ4n) is 3.99. The van der Waals surface area contributed by atoms with E-state index in [-0.39, 0.29) is 36.9 Å². The summed E-state index contributed by atoms with van der Waals surface area (Å²) in [5.74, 6) is -1.98. The summed E-state index contributed by atoms with van der Waals surface area (Å²) in [6.07, 6.45) is -0.202. The third-order valence-corrected chi connectivity index (χ3v) is 8.38. The number of carbonyl (C=O) groups excluding carboxylic acids is 4. The molecule has 0 spiro atoms. The molecule has 0 atom stereocenters. The number of hydroxylamine groups is 2. The van der Waals surface area contributed by atoms with E-state index >= 15 is 0 Å². The van der Waals surface area contributed by atoms with Crippen molar-refractivity contribution in [2.24, 2.45) is 0 Å². The highest BCUT2D eigenvalue weighted by Gasteiger charge is 2.34. The molecule has 1 aliphatic rings. The highest BCUT2D eigenvalue weighted by atomic mass is 79.9. The van der Waals surface area contributed by atoms with Gasteiger partial charge < -0.3 is 8.95 Å². The molecule has 2 amide bonds. The summed E-state index contributed by atoms with van der Waals surface area (Å²) in [4.78, 5) is 53.7. The fraction of sp³-hybridized carbons (Fsp3) is 0.524. The van der Waals surface area contributed by atoms with Gasteiger partial charge in [0, 0.05) is 30.2 Å². The van der Waals surface area contributed by atoms with Crippen molar-refractivity contribution >= 4 is 64.9 Å². The SMILES string of the molecule is Cc1c(CBr)c(C)c(C(=O)CCC(=O)ON2C(=O)CCC2=O)c(C(C)(C)C)c1[SiH2]O[SiH3]. The number of carbonyl (C=O) groups is 4. The molecule has 10 heteroatoms. The number of benzene rings is 1. The molecule has 1 aliphatic heterocycles. The number of rotatable bonds is 8. The van der Waals surface area contributed by atoms with Crippen molar-refractivity contribution in [2.45, 2.75) is 71.0 Å². The maximum atomic E-state index is 13.4. The van der Waals surface area contributed by atoms with Gasteiger partial charge in [-0.3, -0.25) is 14.4 Å². The third kappa shape index (κ3) is 5.60. The molecular weight excluding hydrogens is 498 g/mol. The van der Waals surface area contributed by atoms with Crippen LogP contribution in [0.3, 0.4) is 0 Å². The number of amides is 2. The average molecular weight is 529 g/mol. The van der Waals surface area contributed by atoms with Crippen LogP contribution in [0, 0.1) is 13.8 Å². The summed E-state index contributed by atoms with van der Waals surface area (Å²) >= 11 is 3.55. The maximum Gasteiger partial charge on any atom is 0.333 e. The molecule has 0 aliphatic carbocycles. The second kappa shape index (κ2) is 10.3. The number of hydrogen-bond acceptors (Lipinski definition) is 6. The monoisotopic (exact) mass is 527 g/mol. The Morgan fingerprint density at radius 2 is 1.68 bits per heavy atom. The van der Waals surface area contributed by atoms with Gasteiger partial charge >= 0.3 is 5.97 Å². The van der Waals surface area contributed by atoms with Crippen LogP contribution in [0.25, 0.3) is 0 Å². The summed E-state index contributed by atoms with van der Waals surface area (Å²) in [5.41, 5.74) is 4.53. The molecule has 170 valence electrons. The number of ketones is 1. The van der Waals surface area contributed by atoms with Crippen LogP contribution in [0.2, 0.25) is 0 Å². The van der Waals surface area contributed by atoms with Gasteiger partial charge in [-0.2, -0.15) is 0 Å². The maximum absolute atomic E-state index is 13.4. The fourth-order valence-corrected chi connectivity index (χ4v) is 7.26. The van der Waals surface area contributed by atoms with Gasteiger partial charge in [-0.25, -0.2) is 4.79 Å². The zero-order valence-corrected chi connectivity index (χ0v) is 24.0. The number of nitrogens with zero attached hydrogens (tertiary/aromatic N) is 1. The van der Waals surface area contributed by atoms with E-state index < -0.39 is 27.5 Å². The Hall–Kier alpha value is -1.63. The van der Waals surface area contributed by atoms with Gasteiger partial charge in [0.15, 0.2) is 15.5 Å². The first-order valence-corrected chi connectivity index (χ1v) is 13.5. The summed E-state index contributed by atoms with van der Waals surface area (Å²) in [7, 11) is -0.338. The van der Waals surface area contributed by atoms with Gasteiger partial charge in [0.05, 0.1) is 6.42 Å². The molecule has 0 bridgehead atoms. The Morgan fingerprint density at radius 3 is 2.16 bits per heavy atom. The van der Waals surface area contributed by atoms with Gasteiger partial charge in [0.1, 0.15) is 10.5 Å². The van der Waals surface area contributed by atoms with E-state index in [4.69, 9.17) is 8.95 Å². The lowest BCUT2D eigenvalue weighted by Gasteiger charge is -2.30. The lowest BCUT2D eigenvalue weighted by molar-refractivity contribution is -0.197. The third-order valence-electron chi connectivity index (χ3n) is 5.49. The van der Waals surface area contributed by atoms with Crippen LogP contribution in [-0.2, 0) is 34.1 Å². The van der Waals surface area contributed by atoms with Gasteiger partial charge in [-0.05, 0) is 46.7 Å². The highest BCUT2D eigenvalue weighted by Crippen LogP contribution is 2.32. The highest BCUT2D eigenvalue weighted by molar-refractivity contribution is 9.08. The average Bonchev–Trinajstić information content (AvgIpc) is 2.99. The van der Waals surface area contributed by atoms with Gasteiger partial charge in [-0.15, -0.1) is 5.06 Å².